The molecule has 90 valence electrons. The molecule has 1 saturated heterocycles. The van der Waals surface area contributed by atoms with E-state index in [1.807, 2.05) is 24.3 Å². The number of cyclic esters (lactones) is 1. The minimum Gasteiger partial charge on any atom is -0.457 e. The van der Waals surface area contributed by atoms with Gasteiger partial charge in [-0.15, -0.1) is 6.58 Å². The molecule has 0 amide bonds. The fraction of sp³-hybridized carbons (Fsp3) is 0.357. The predicted molar refractivity (Wildman–Crippen MR) is 67.8 cm³/mol. The van der Waals surface area contributed by atoms with E-state index in [4.69, 9.17) is 16.3 Å². The van der Waals surface area contributed by atoms with Gasteiger partial charge in [0.2, 0.25) is 0 Å². The zero-order valence-electron chi connectivity index (χ0n) is 9.56. The summed E-state index contributed by atoms with van der Waals surface area (Å²) >= 11 is 5.82. The lowest BCUT2D eigenvalue weighted by Gasteiger charge is -2.27. The largest absolute Gasteiger partial charge is 0.457 e. The quantitative estimate of drug-likeness (QED) is 0.601. The standard InChI is InChI=1S/C14H15ClO2/c1-2-3-11-6-9-13(17-14(11)16)10-4-7-12(15)8-5-10/h2,4-5,7-8,11,13H,1,3,6,9H2/t11?,13-/m1/s1. The van der Waals surface area contributed by atoms with Crippen LogP contribution in [0.2, 0.25) is 5.02 Å². The van der Waals surface area contributed by atoms with Gasteiger partial charge < -0.3 is 4.74 Å². The van der Waals surface area contributed by atoms with E-state index in [9.17, 15) is 4.79 Å². The number of hydrogen-bond donors (Lipinski definition) is 0. The normalized spacial score (nSPS) is 24.2. The third-order valence-corrected chi connectivity index (χ3v) is 3.31. The highest BCUT2D eigenvalue weighted by molar-refractivity contribution is 6.30. The number of hydrogen-bond acceptors (Lipinski definition) is 2. The molecule has 3 heteroatoms. The van der Waals surface area contributed by atoms with Crippen molar-refractivity contribution in [2.75, 3.05) is 0 Å². The van der Waals surface area contributed by atoms with Crippen LogP contribution < -0.4 is 0 Å². The molecule has 17 heavy (non-hydrogen) atoms. The van der Waals surface area contributed by atoms with Crippen LogP contribution in [0.3, 0.4) is 0 Å². The number of halogens is 1. The molecule has 1 aromatic rings. The van der Waals surface area contributed by atoms with E-state index >= 15 is 0 Å². The summed E-state index contributed by atoms with van der Waals surface area (Å²) in [6.07, 6.45) is 4.07. The maximum absolute atomic E-state index is 11.7. The van der Waals surface area contributed by atoms with Gasteiger partial charge in [0.25, 0.3) is 0 Å². The van der Waals surface area contributed by atoms with Crippen LogP contribution in [0.25, 0.3) is 0 Å². The van der Waals surface area contributed by atoms with Crippen molar-refractivity contribution in [1.82, 2.24) is 0 Å². The Kier molecular flexibility index (Phi) is 3.85. The summed E-state index contributed by atoms with van der Waals surface area (Å²) in [6, 6.07) is 7.46. The summed E-state index contributed by atoms with van der Waals surface area (Å²) < 4.78 is 5.45. The van der Waals surface area contributed by atoms with Gasteiger partial charge in [-0.3, -0.25) is 4.79 Å². The highest BCUT2D eigenvalue weighted by Gasteiger charge is 2.29. The van der Waals surface area contributed by atoms with Crippen LogP contribution in [0.5, 0.6) is 0 Å². The maximum atomic E-state index is 11.7. The Labute approximate surface area is 106 Å². The lowest BCUT2D eigenvalue weighted by molar-refractivity contribution is -0.160. The number of esters is 1. The molecule has 0 radical (unpaired) electrons. The highest BCUT2D eigenvalue weighted by atomic mass is 35.5. The molecule has 2 atom stereocenters. The van der Waals surface area contributed by atoms with Crippen molar-refractivity contribution in [2.45, 2.75) is 25.4 Å². The van der Waals surface area contributed by atoms with Gasteiger partial charge in [-0.25, -0.2) is 0 Å². The topological polar surface area (TPSA) is 26.3 Å². The molecule has 0 bridgehead atoms. The molecule has 0 spiro atoms. The lowest BCUT2D eigenvalue weighted by atomic mass is 9.92. The van der Waals surface area contributed by atoms with E-state index < -0.39 is 0 Å². The van der Waals surface area contributed by atoms with Crippen LogP contribution in [0.4, 0.5) is 0 Å². The SMILES string of the molecule is C=CCC1CC[C@H](c2ccc(Cl)cc2)OC1=O. The molecule has 2 rings (SSSR count). The van der Waals surface area contributed by atoms with Crippen LogP contribution in [0.1, 0.15) is 30.9 Å². The van der Waals surface area contributed by atoms with E-state index in [2.05, 4.69) is 6.58 Å². The molecular formula is C14H15ClO2. The van der Waals surface area contributed by atoms with Crippen molar-refractivity contribution in [2.24, 2.45) is 5.92 Å². The summed E-state index contributed by atoms with van der Waals surface area (Å²) in [5.74, 6) is -0.132. The Balaban J connectivity index is 2.04. The number of allylic oxidation sites excluding steroid dienone is 1. The lowest BCUT2D eigenvalue weighted by Crippen LogP contribution is -2.26. The Hall–Kier alpha value is -1.28. The van der Waals surface area contributed by atoms with Gasteiger partial charge in [-0.2, -0.15) is 0 Å². The van der Waals surface area contributed by atoms with Gasteiger partial charge in [0.1, 0.15) is 6.10 Å². The van der Waals surface area contributed by atoms with Crippen molar-refractivity contribution in [3.8, 4) is 0 Å². The number of ether oxygens (including phenoxy) is 1. The van der Waals surface area contributed by atoms with Crippen molar-refractivity contribution in [3.63, 3.8) is 0 Å². The van der Waals surface area contributed by atoms with Crippen molar-refractivity contribution in [3.05, 3.63) is 47.5 Å². The zero-order valence-corrected chi connectivity index (χ0v) is 10.3. The van der Waals surface area contributed by atoms with Crippen molar-refractivity contribution < 1.29 is 9.53 Å². The van der Waals surface area contributed by atoms with Gasteiger partial charge in [-0.05, 0) is 37.0 Å². The number of carbonyl (C=O) groups is 1. The third kappa shape index (κ3) is 2.89. The summed E-state index contributed by atoms with van der Waals surface area (Å²) in [4.78, 5) is 11.7. The Morgan fingerprint density at radius 3 is 2.65 bits per heavy atom. The first kappa shape index (κ1) is 12.2. The van der Waals surface area contributed by atoms with Crippen LogP contribution in [-0.2, 0) is 9.53 Å². The van der Waals surface area contributed by atoms with Gasteiger partial charge in [-0.1, -0.05) is 29.8 Å². The predicted octanol–water partition coefficient (Wildman–Crippen LogP) is 3.91. The molecule has 0 aromatic heterocycles. The van der Waals surface area contributed by atoms with E-state index in [0.29, 0.717) is 11.4 Å². The van der Waals surface area contributed by atoms with Gasteiger partial charge in [0, 0.05) is 5.02 Å². The molecule has 0 aliphatic carbocycles. The minimum atomic E-state index is -0.124. The Bertz CT molecular complexity index is 411. The molecule has 0 saturated carbocycles. The van der Waals surface area contributed by atoms with Crippen molar-refractivity contribution in [1.29, 1.82) is 0 Å². The molecule has 1 aliphatic rings. The first-order valence-electron chi connectivity index (χ1n) is 5.77. The maximum Gasteiger partial charge on any atom is 0.309 e. The Morgan fingerprint density at radius 1 is 1.35 bits per heavy atom. The molecule has 1 unspecified atom stereocenters. The summed E-state index contributed by atoms with van der Waals surface area (Å²) in [5.41, 5.74) is 1.01. The van der Waals surface area contributed by atoms with Gasteiger partial charge >= 0.3 is 5.97 Å². The van der Waals surface area contributed by atoms with Crippen molar-refractivity contribution >= 4 is 17.6 Å². The fourth-order valence-electron chi connectivity index (χ4n) is 2.09. The monoisotopic (exact) mass is 250 g/mol. The summed E-state index contributed by atoms with van der Waals surface area (Å²) in [6.45, 7) is 3.65. The number of carbonyl (C=O) groups excluding carboxylic acids is 1. The second kappa shape index (κ2) is 5.37. The van der Waals surface area contributed by atoms with E-state index in [1.54, 1.807) is 6.08 Å². The second-order valence-electron chi connectivity index (χ2n) is 4.28. The third-order valence-electron chi connectivity index (χ3n) is 3.06. The molecule has 1 heterocycles. The smallest absolute Gasteiger partial charge is 0.309 e. The first-order valence-corrected chi connectivity index (χ1v) is 6.15. The number of rotatable bonds is 3. The summed E-state index contributed by atoms with van der Waals surface area (Å²) in [5, 5.41) is 0.695. The van der Waals surface area contributed by atoms with Crippen LogP contribution >= 0.6 is 11.6 Å². The van der Waals surface area contributed by atoms with Crippen LogP contribution in [0.15, 0.2) is 36.9 Å². The molecule has 1 aliphatic heterocycles. The average molecular weight is 251 g/mol. The first-order chi connectivity index (χ1) is 8.20. The van der Waals surface area contributed by atoms with E-state index in [-0.39, 0.29) is 18.0 Å². The Morgan fingerprint density at radius 2 is 2.06 bits per heavy atom. The van der Waals surface area contributed by atoms with E-state index in [0.717, 1.165) is 18.4 Å². The summed E-state index contributed by atoms with van der Waals surface area (Å²) in [7, 11) is 0. The highest BCUT2D eigenvalue weighted by Crippen LogP contribution is 2.33. The average Bonchev–Trinajstić information content (AvgIpc) is 2.33. The molecule has 1 fully saturated rings. The van der Waals surface area contributed by atoms with Crippen LogP contribution in [-0.4, -0.2) is 5.97 Å². The number of benzene rings is 1. The second-order valence-corrected chi connectivity index (χ2v) is 4.71. The van der Waals surface area contributed by atoms with Gasteiger partial charge in [0.15, 0.2) is 0 Å². The zero-order chi connectivity index (χ0) is 12.3. The molecule has 0 N–H and O–H groups in total. The molecule has 2 nitrogen and oxygen atoms in total. The molecular weight excluding hydrogens is 236 g/mol. The minimum absolute atomic E-state index is 0.0175. The van der Waals surface area contributed by atoms with E-state index in [1.165, 1.54) is 0 Å². The molecule has 1 aromatic carbocycles. The fourth-order valence-corrected chi connectivity index (χ4v) is 2.22. The van der Waals surface area contributed by atoms with Crippen LogP contribution in [0, 0.1) is 5.92 Å². The van der Waals surface area contributed by atoms with Gasteiger partial charge in [0.05, 0.1) is 5.92 Å².